The maximum Gasteiger partial charge on any atom is 0.328 e. The van der Waals surface area contributed by atoms with Gasteiger partial charge in [-0.15, -0.1) is 0 Å². The van der Waals surface area contributed by atoms with E-state index in [-0.39, 0.29) is 18.1 Å². The number of pyridine rings is 1. The molecular weight excluding hydrogens is 260 g/mol. The van der Waals surface area contributed by atoms with Crippen LogP contribution in [0.4, 0.5) is 0 Å². The second-order valence-electron chi connectivity index (χ2n) is 3.87. The van der Waals surface area contributed by atoms with Crippen LogP contribution < -0.4 is 5.32 Å². The SMILES string of the molecule is O=C(O)/C=C/c1cccnc1C(=O)NCc1cnc[nH]1. The molecule has 2 aromatic rings. The first-order valence-corrected chi connectivity index (χ1v) is 5.78. The number of aromatic amines is 1. The van der Waals surface area contributed by atoms with E-state index in [1.54, 1.807) is 18.3 Å². The van der Waals surface area contributed by atoms with Crippen molar-refractivity contribution in [2.75, 3.05) is 0 Å². The summed E-state index contributed by atoms with van der Waals surface area (Å²) in [5, 5.41) is 11.3. The minimum absolute atomic E-state index is 0.171. The summed E-state index contributed by atoms with van der Waals surface area (Å²) in [5.41, 5.74) is 1.37. The van der Waals surface area contributed by atoms with Gasteiger partial charge in [0.25, 0.3) is 5.91 Å². The van der Waals surface area contributed by atoms with E-state index in [0.717, 1.165) is 11.8 Å². The van der Waals surface area contributed by atoms with Crippen LogP contribution in [0.15, 0.2) is 36.9 Å². The Hall–Kier alpha value is -2.96. The molecule has 0 atom stereocenters. The van der Waals surface area contributed by atoms with Crippen molar-refractivity contribution in [3.63, 3.8) is 0 Å². The Morgan fingerprint density at radius 2 is 2.30 bits per heavy atom. The van der Waals surface area contributed by atoms with Gasteiger partial charge in [-0.25, -0.2) is 9.78 Å². The largest absolute Gasteiger partial charge is 0.478 e. The lowest BCUT2D eigenvalue weighted by Crippen LogP contribution is -2.24. The summed E-state index contributed by atoms with van der Waals surface area (Å²) in [5.74, 6) is -1.47. The number of aliphatic carboxylic acids is 1. The van der Waals surface area contributed by atoms with Crippen LogP contribution in [0.3, 0.4) is 0 Å². The Morgan fingerprint density at radius 1 is 1.45 bits per heavy atom. The third-order valence-corrected chi connectivity index (χ3v) is 2.45. The number of carboxylic acids is 1. The number of imidazole rings is 1. The molecule has 0 fully saturated rings. The summed E-state index contributed by atoms with van der Waals surface area (Å²) in [7, 11) is 0. The molecule has 7 nitrogen and oxygen atoms in total. The second kappa shape index (κ2) is 6.28. The van der Waals surface area contributed by atoms with Crippen molar-refractivity contribution in [2.24, 2.45) is 0 Å². The number of amides is 1. The number of hydrogen-bond acceptors (Lipinski definition) is 4. The highest BCUT2D eigenvalue weighted by atomic mass is 16.4. The van der Waals surface area contributed by atoms with Gasteiger partial charge in [-0.1, -0.05) is 6.07 Å². The molecule has 0 saturated carbocycles. The maximum absolute atomic E-state index is 12.0. The van der Waals surface area contributed by atoms with Crippen molar-refractivity contribution in [3.05, 3.63) is 53.9 Å². The third-order valence-electron chi connectivity index (χ3n) is 2.45. The molecule has 2 heterocycles. The average molecular weight is 272 g/mol. The van der Waals surface area contributed by atoms with Gasteiger partial charge in [0.1, 0.15) is 5.69 Å². The molecule has 7 heteroatoms. The van der Waals surface area contributed by atoms with Crippen LogP contribution in [0.1, 0.15) is 21.7 Å². The minimum Gasteiger partial charge on any atom is -0.478 e. The number of rotatable bonds is 5. The van der Waals surface area contributed by atoms with Gasteiger partial charge in [0.2, 0.25) is 0 Å². The van der Waals surface area contributed by atoms with Gasteiger partial charge in [-0.3, -0.25) is 9.78 Å². The van der Waals surface area contributed by atoms with E-state index in [1.807, 2.05) is 0 Å². The lowest BCUT2D eigenvalue weighted by molar-refractivity contribution is -0.131. The van der Waals surface area contributed by atoms with E-state index in [9.17, 15) is 9.59 Å². The highest BCUT2D eigenvalue weighted by Crippen LogP contribution is 2.08. The van der Waals surface area contributed by atoms with Crippen LogP contribution in [-0.2, 0) is 11.3 Å². The molecule has 0 unspecified atom stereocenters. The Morgan fingerprint density at radius 3 is 3.00 bits per heavy atom. The molecule has 0 spiro atoms. The normalized spacial score (nSPS) is 10.6. The van der Waals surface area contributed by atoms with Gasteiger partial charge in [0.15, 0.2) is 0 Å². The topological polar surface area (TPSA) is 108 Å². The molecule has 0 bridgehead atoms. The van der Waals surface area contributed by atoms with Crippen molar-refractivity contribution < 1.29 is 14.7 Å². The van der Waals surface area contributed by atoms with Crippen molar-refractivity contribution >= 4 is 18.0 Å². The van der Waals surface area contributed by atoms with E-state index < -0.39 is 5.97 Å². The van der Waals surface area contributed by atoms with E-state index in [4.69, 9.17) is 5.11 Å². The number of carboxylic acid groups (broad SMARTS) is 1. The first-order valence-electron chi connectivity index (χ1n) is 5.78. The van der Waals surface area contributed by atoms with Gasteiger partial charge in [0, 0.05) is 24.0 Å². The Bertz CT molecular complexity index is 635. The molecule has 0 aliphatic carbocycles. The molecule has 0 saturated heterocycles. The fourth-order valence-electron chi connectivity index (χ4n) is 1.54. The Balaban J connectivity index is 2.11. The lowest BCUT2D eigenvalue weighted by Gasteiger charge is -2.05. The predicted octanol–water partition coefficient (Wildman–Crippen LogP) is 0.833. The smallest absolute Gasteiger partial charge is 0.328 e. The zero-order chi connectivity index (χ0) is 14.4. The van der Waals surface area contributed by atoms with Crippen molar-refractivity contribution in [2.45, 2.75) is 6.54 Å². The van der Waals surface area contributed by atoms with E-state index in [0.29, 0.717) is 5.56 Å². The van der Waals surface area contributed by atoms with E-state index in [2.05, 4.69) is 20.3 Å². The lowest BCUT2D eigenvalue weighted by atomic mass is 10.1. The highest BCUT2D eigenvalue weighted by Gasteiger charge is 2.11. The summed E-state index contributed by atoms with van der Waals surface area (Å²) in [6, 6.07) is 3.25. The first-order chi connectivity index (χ1) is 9.66. The standard InChI is InChI=1S/C13H12N4O3/c18-11(19)4-3-9-2-1-5-15-12(9)13(20)16-7-10-6-14-8-17-10/h1-6,8H,7H2,(H,14,17)(H,16,20)(H,18,19)/b4-3+. The number of carbonyl (C=O) groups excluding carboxylic acids is 1. The number of carbonyl (C=O) groups is 2. The van der Waals surface area contributed by atoms with Gasteiger partial charge in [-0.05, 0) is 12.1 Å². The number of hydrogen-bond donors (Lipinski definition) is 3. The molecule has 20 heavy (non-hydrogen) atoms. The predicted molar refractivity (Wildman–Crippen MR) is 70.7 cm³/mol. The fraction of sp³-hybridized carbons (Fsp3) is 0.0769. The molecule has 2 rings (SSSR count). The van der Waals surface area contributed by atoms with Crippen molar-refractivity contribution in [3.8, 4) is 0 Å². The maximum atomic E-state index is 12.0. The highest BCUT2D eigenvalue weighted by molar-refractivity contribution is 5.97. The number of aromatic nitrogens is 3. The minimum atomic E-state index is -1.09. The molecule has 0 aliphatic rings. The van der Waals surface area contributed by atoms with Crippen LogP contribution in [0.2, 0.25) is 0 Å². The fourth-order valence-corrected chi connectivity index (χ4v) is 1.54. The molecule has 0 aromatic carbocycles. The molecule has 1 amide bonds. The number of nitrogens with one attached hydrogen (secondary N) is 2. The molecular formula is C13H12N4O3. The van der Waals surface area contributed by atoms with Crippen molar-refractivity contribution in [1.29, 1.82) is 0 Å². The average Bonchev–Trinajstić information content (AvgIpc) is 2.96. The molecule has 102 valence electrons. The first kappa shape index (κ1) is 13.5. The van der Waals surface area contributed by atoms with Crippen LogP contribution in [-0.4, -0.2) is 31.9 Å². The van der Waals surface area contributed by atoms with Crippen molar-refractivity contribution in [1.82, 2.24) is 20.3 Å². The summed E-state index contributed by atoms with van der Waals surface area (Å²) in [6.45, 7) is 0.289. The molecule has 0 aliphatic heterocycles. The van der Waals surface area contributed by atoms with Crippen LogP contribution in [0.5, 0.6) is 0 Å². The van der Waals surface area contributed by atoms with Gasteiger partial charge in [0.05, 0.1) is 18.6 Å². The zero-order valence-electron chi connectivity index (χ0n) is 10.4. The quantitative estimate of drug-likeness (QED) is 0.699. The van der Waals surface area contributed by atoms with Gasteiger partial charge < -0.3 is 15.4 Å². The number of nitrogens with zero attached hydrogens (tertiary/aromatic N) is 2. The Labute approximate surface area is 114 Å². The van der Waals surface area contributed by atoms with Crippen LogP contribution >= 0.6 is 0 Å². The van der Waals surface area contributed by atoms with E-state index >= 15 is 0 Å². The van der Waals surface area contributed by atoms with Gasteiger partial charge in [-0.2, -0.15) is 0 Å². The van der Waals surface area contributed by atoms with Crippen LogP contribution in [0.25, 0.3) is 6.08 Å². The Kier molecular flexibility index (Phi) is 4.23. The molecule has 3 N–H and O–H groups in total. The van der Waals surface area contributed by atoms with E-state index in [1.165, 1.54) is 18.6 Å². The molecule has 2 aromatic heterocycles. The summed E-state index contributed by atoms with van der Waals surface area (Å²) in [4.78, 5) is 33.2. The third kappa shape index (κ3) is 3.52. The monoisotopic (exact) mass is 272 g/mol. The number of H-pyrrole nitrogens is 1. The summed E-state index contributed by atoms with van der Waals surface area (Å²) >= 11 is 0. The van der Waals surface area contributed by atoms with Crippen LogP contribution in [0, 0.1) is 0 Å². The summed E-state index contributed by atoms with van der Waals surface area (Å²) in [6.07, 6.45) is 6.89. The second-order valence-corrected chi connectivity index (χ2v) is 3.87. The molecule has 0 radical (unpaired) electrons. The zero-order valence-corrected chi connectivity index (χ0v) is 10.4. The van der Waals surface area contributed by atoms with Gasteiger partial charge >= 0.3 is 5.97 Å². The summed E-state index contributed by atoms with van der Waals surface area (Å²) < 4.78 is 0.